The number of pyridine rings is 1. The van der Waals surface area contributed by atoms with Crippen LogP contribution in [-0.4, -0.2) is 80.8 Å². The lowest BCUT2D eigenvalue weighted by atomic mass is 10.0. The molecule has 0 unspecified atom stereocenters. The minimum absolute atomic E-state index is 0.00426. The van der Waals surface area contributed by atoms with Gasteiger partial charge in [0.1, 0.15) is 42.8 Å². The fourth-order valence-electron chi connectivity index (χ4n) is 7.54. The number of hydrogen-bond acceptors (Lipinski definition) is 11. The van der Waals surface area contributed by atoms with Crippen molar-refractivity contribution in [1.82, 2.24) is 19.6 Å². The molecule has 3 fully saturated rings. The van der Waals surface area contributed by atoms with Crippen molar-refractivity contribution in [1.29, 1.82) is 0 Å². The van der Waals surface area contributed by atoms with Crippen LogP contribution in [0.15, 0.2) is 78.0 Å². The van der Waals surface area contributed by atoms with E-state index in [0.717, 1.165) is 30.5 Å². The fraction of sp³-hybridized carbons (Fsp3) is 0.342. The topological polar surface area (TPSA) is 150 Å². The highest BCUT2D eigenvalue weighted by atomic mass is 19.1. The Hall–Kier alpha value is -6.03. The third kappa shape index (κ3) is 6.15. The molecule has 54 heavy (non-hydrogen) atoms. The number of anilines is 2. The Morgan fingerprint density at radius 1 is 1.06 bits per heavy atom. The molecule has 5 aromatic rings. The Morgan fingerprint density at radius 2 is 1.89 bits per heavy atom. The van der Waals surface area contributed by atoms with Gasteiger partial charge in [0.05, 0.1) is 48.5 Å². The van der Waals surface area contributed by atoms with Gasteiger partial charge in [-0.15, -0.1) is 5.10 Å². The number of aliphatic hydroxyl groups is 1. The number of carbonyl (C=O) groups excluding carboxylic acids is 2. The zero-order chi connectivity index (χ0) is 37.1. The molecule has 4 aliphatic rings. The standard InChI is InChI=1S/C38H34F2N6O8/c39-29-12-24(45-16-26(54-37(45)49)15-43-11-10-41-42-43)8-9-31(29)53-21-38(50)14-25-19-51-35-32-27(13-30(40)33(35)46(25)20-38)34(47)28(17-44(32)23-6-7-23)36(48)52-18-22-4-2-1-3-5-22/h1-5,8-13,17,23,25-26,50H,6-7,14-16,18-21H2/t25-,26+,38+/m0/s1. The molecule has 2 saturated heterocycles. The summed E-state index contributed by atoms with van der Waals surface area (Å²) in [6.45, 7) is 0.175. The van der Waals surface area contributed by atoms with Crippen LogP contribution in [0.1, 0.15) is 41.2 Å². The zero-order valence-electron chi connectivity index (χ0n) is 28.8. The third-order valence-corrected chi connectivity index (χ3v) is 10.3. The van der Waals surface area contributed by atoms with Crippen molar-refractivity contribution in [3.05, 3.63) is 106 Å². The molecule has 1 amide bonds. The molecule has 1 N–H and O–H groups in total. The maximum atomic E-state index is 16.1. The van der Waals surface area contributed by atoms with E-state index < -0.39 is 46.9 Å². The number of cyclic esters (lactones) is 1. The second kappa shape index (κ2) is 13.1. The summed E-state index contributed by atoms with van der Waals surface area (Å²) in [5.41, 5.74) is -0.871. The summed E-state index contributed by atoms with van der Waals surface area (Å²) in [5, 5.41) is 19.3. The Morgan fingerprint density at radius 3 is 2.65 bits per heavy atom. The highest BCUT2D eigenvalue weighted by molar-refractivity contribution is 5.98. The highest BCUT2D eigenvalue weighted by Gasteiger charge is 2.48. The van der Waals surface area contributed by atoms with Crippen molar-refractivity contribution < 1.29 is 42.4 Å². The summed E-state index contributed by atoms with van der Waals surface area (Å²) in [6, 6.07) is 13.8. The molecule has 0 spiro atoms. The molecule has 1 saturated carbocycles. The average Bonchev–Trinajstić information content (AvgIpc) is 3.58. The monoisotopic (exact) mass is 740 g/mol. The molecule has 2 aromatic heterocycles. The average molecular weight is 741 g/mol. The normalized spacial score (nSPS) is 21.8. The van der Waals surface area contributed by atoms with Crippen LogP contribution in [0.5, 0.6) is 11.5 Å². The molecule has 3 atom stereocenters. The predicted molar refractivity (Wildman–Crippen MR) is 188 cm³/mol. The van der Waals surface area contributed by atoms with Crippen molar-refractivity contribution in [3.63, 3.8) is 0 Å². The quantitative estimate of drug-likeness (QED) is 0.204. The van der Waals surface area contributed by atoms with Gasteiger partial charge in [-0.3, -0.25) is 9.69 Å². The summed E-state index contributed by atoms with van der Waals surface area (Å²) in [6.07, 6.45) is 5.25. The Bertz CT molecular complexity index is 2340. The van der Waals surface area contributed by atoms with E-state index in [4.69, 9.17) is 18.9 Å². The molecule has 278 valence electrons. The van der Waals surface area contributed by atoms with Gasteiger partial charge in [-0.2, -0.15) is 0 Å². The van der Waals surface area contributed by atoms with Gasteiger partial charge < -0.3 is 33.5 Å². The molecule has 1 aliphatic carbocycles. The first-order chi connectivity index (χ1) is 26.1. The van der Waals surface area contributed by atoms with E-state index in [-0.39, 0.29) is 79.2 Å². The summed E-state index contributed by atoms with van der Waals surface area (Å²) in [7, 11) is 0. The Labute approximate surface area is 306 Å². The molecule has 0 radical (unpaired) electrons. The second-order valence-corrected chi connectivity index (χ2v) is 14.2. The number of ether oxygens (including phenoxy) is 4. The van der Waals surface area contributed by atoms with Gasteiger partial charge in [-0.1, -0.05) is 35.5 Å². The van der Waals surface area contributed by atoms with Crippen LogP contribution in [0.4, 0.5) is 25.0 Å². The Kier molecular flexibility index (Phi) is 8.21. The number of halogens is 2. The van der Waals surface area contributed by atoms with E-state index in [2.05, 4.69) is 10.3 Å². The predicted octanol–water partition coefficient (Wildman–Crippen LogP) is 4.37. The third-order valence-electron chi connectivity index (χ3n) is 10.3. The van der Waals surface area contributed by atoms with Crippen molar-refractivity contribution in [2.75, 3.05) is 36.1 Å². The van der Waals surface area contributed by atoms with Crippen LogP contribution in [-0.2, 0) is 22.6 Å². The van der Waals surface area contributed by atoms with Crippen LogP contribution in [0.3, 0.4) is 0 Å². The molecule has 3 aliphatic heterocycles. The van der Waals surface area contributed by atoms with Gasteiger partial charge in [0.2, 0.25) is 5.43 Å². The first-order valence-electron chi connectivity index (χ1n) is 17.6. The molecule has 9 rings (SSSR count). The number of rotatable bonds is 10. The first kappa shape index (κ1) is 33.8. The lowest BCUT2D eigenvalue weighted by molar-refractivity contribution is 0.00980. The summed E-state index contributed by atoms with van der Waals surface area (Å²) < 4.78 is 57.6. The molecule has 14 nitrogen and oxygen atoms in total. The maximum Gasteiger partial charge on any atom is 0.414 e. The van der Waals surface area contributed by atoms with Crippen LogP contribution in [0, 0.1) is 11.6 Å². The minimum Gasteiger partial charge on any atom is -0.487 e. The van der Waals surface area contributed by atoms with Gasteiger partial charge in [0.15, 0.2) is 23.1 Å². The lowest BCUT2D eigenvalue weighted by Gasteiger charge is -2.34. The van der Waals surface area contributed by atoms with Gasteiger partial charge in [0, 0.05) is 30.9 Å². The first-order valence-corrected chi connectivity index (χ1v) is 17.6. The SMILES string of the molecule is O=C(OCc1ccccc1)c1cn(C2CC2)c2c3c(c(F)cc2c1=O)N1C[C@@](O)(COc2ccc(N4C[C@@H](Cn5ccnn5)OC4=O)cc2F)C[C@H]1CO3. The van der Waals surface area contributed by atoms with Crippen LogP contribution < -0.4 is 24.7 Å². The Balaban J connectivity index is 0.926. The number of amides is 1. The number of esters is 1. The summed E-state index contributed by atoms with van der Waals surface area (Å²) >= 11 is 0. The van der Waals surface area contributed by atoms with Crippen molar-refractivity contribution in [2.45, 2.75) is 56.2 Å². The maximum absolute atomic E-state index is 16.1. The summed E-state index contributed by atoms with van der Waals surface area (Å²) in [5.74, 6) is -2.27. The molecular weight excluding hydrogens is 706 g/mol. The largest absolute Gasteiger partial charge is 0.487 e. The van der Waals surface area contributed by atoms with Crippen LogP contribution >= 0.6 is 0 Å². The molecule has 16 heteroatoms. The minimum atomic E-state index is -1.52. The number of aromatic nitrogens is 4. The second-order valence-electron chi connectivity index (χ2n) is 14.2. The molecule has 3 aromatic carbocycles. The molecule has 5 heterocycles. The van der Waals surface area contributed by atoms with Gasteiger partial charge in [0.25, 0.3) is 0 Å². The van der Waals surface area contributed by atoms with Crippen LogP contribution in [0.2, 0.25) is 0 Å². The van der Waals surface area contributed by atoms with E-state index in [1.807, 2.05) is 18.2 Å². The number of hydrogen-bond donors (Lipinski definition) is 1. The van der Waals surface area contributed by atoms with Crippen molar-refractivity contribution in [2.24, 2.45) is 0 Å². The number of carbonyl (C=O) groups is 2. The van der Waals surface area contributed by atoms with Crippen LogP contribution in [0.25, 0.3) is 10.9 Å². The van der Waals surface area contributed by atoms with Gasteiger partial charge in [-0.05, 0) is 36.6 Å². The highest BCUT2D eigenvalue weighted by Crippen LogP contribution is 2.48. The van der Waals surface area contributed by atoms with E-state index in [9.17, 15) is 19.5 Å². The van der Waals surface area contributed by atoms with E-state index >= 15 is 8.78 Å². The van der Waals surface area contributed by atoms with E-state index in [1.54, 1.807) is 27.8 Å². The number of fused-ring (bicyclic) bond motifs is 5. The van der Waals surface area contributed by atoms with Gasteiger partial charge in [-0.25, -0.2) is 23.1 Å². The number of benzene rings is 3. The zero-order valence-corrected chi connectivity index (χ0v) is 28.8. The lowest BCUT2D eigenvalue weighted by Crippen LogP contribution is -2.41. The van der Waals surface area contributed by atoms with Crippen molar-refractivity contribution in [3.8, 4) is 11.5 Å². The molecular formula is C38H34F2N6O8. The van der Waals surface area contributed by atoms with E-state index in [0.29, 0.717) is 12.1 Å². The van der Waals surface area contributed by atoms with E-state index in [1.165, 1.54) is 34.1 Å². The number of nitrogens with zero attached hydrogens (tertiary/aromatic N) is 6. The van der Waals surface area contributed by atoms with Crippen molar-refractivity contribution >= 4 is 34.3 Å². The fourth-order valence-corrected chi connectivity index (χ4v) is 7.54. The smallest absolute Gasteiger partial charge is 0.414 e. The van der Waals surface area contributed by atoms with Gasteiger partial charge >= 0.3 is 12.1 Å². The summed E-state index contributed by atoms with van der Waals surface area (Å²) in [4.78, 5) is 42.4. The molecule has 0 bridgehead atoms.